The molecule has 1 saturated heterocycles. The normalized spacial score (nSPS) is 18.4. The van der Waals surface area contributed by atoms with Crippen LogP contribution in [0.15, 0.2) is 90.0 Å². The molecule has 4 aromatic rings. The summed E-state index contributed by atoms with van der Waals surface area (Å²) in [5.41, 5.74) is 6.19. The number of fused-ring (bicyclic) bond motifs is 1. The van der Waals surface area contributed by atoms with Crippen LogP contribution in [-0.4, -0.2) is 59.6 Å². The van der Waals surface area contributed by atoms with Crippen LogP contribution in [0.5, 0.6) is 0 Å². The Labute approximate surface area is 225 Å². The number of hydrogen-bond acceptors (Lipinski definition) is 5. The molecular weight excluding hydrogens is 524 g/mol. The SMILES string of the molecule is CC1(C(N)=O)CN(S(=O)(=O)c2ccc3cc(Cl)ccc3c2)CCN1C(=O)c1ccc(-c2ccccn2)cc1. The van der Waals surface area contributed by atoms with E-state index in [1.165, 1.54) is 22.2 Å². The van der Waals surface area contributed by atoms with E-state index in [1.807, 2.05) is 18.2 Å². The second-order valence-corrected chi connectivity index (χ2v) is 11.8. The Morgan fingerprint density at radius 1 is 0.947 bits per heavy atom. The van der Waals surface area contributed by atoms with Gasteiger partial charge in [0.15, 0.2) is 0 Å². The molecule has 1 aliphatic heterocycles. The Kier molecular flexibility index (Phi) is 6.68. The van der Waals surface area contributed by atoms with Gasteiger partial charge < -0.3 is 10.6 Å². The number of aromatic nitrogens is 1. The summed E-state index contributed by atoms with van der Waals surface area (Å²) >= 11 is 6.05. The van der Waals surface area contributed by atoms with Gasteiger partial charge in [-0.1, -0.05) is 41.9 Å². The largest absolute Gasteiger partial charge is 0.368 e. The van der Waals surface area contributed by atoms with Gasteiger partial charge in [0.25, 0.3) is 5.91 Å². The molecule has 1 fully saturated rings. The number of carbonyl (C=O) groups is 2. The molecule has 8 nitrogen and oxygen atoms in total. The first-order valence-corrected chi connectivity index (χ1v) is 13.7. The van der Waals surface area contributed by atoms with Gasteiger partial charge in [-0.3, -0.25) is 14.6 Å². The molecule has 5 rings (SSSR count). The number of halogens is 1. The summed E-state index contributed by atoms with van der Waals surface area (Å²) in [5.74, 6) is -1.19. The second-order valence-electron chi connectivity index (χ2n) is 9.38. The quantitative estimate of drug-likeness (QED) is 0.406. The molecule has 0 spiro atoms. The van der Waals surface area contributed by atoms with Gasteiger partial charge in [0.2, 0.25) is 15.9 Å². The van der Waals surface area contributed by atoms with Gasteiger partial charge in [0.1, 0.15) is 5.54 Å². The smallest absolute Gasteiger partial charge is 0.254 e. The van der Waals surface area contributed by atoms with Crippen molar-refractivity contribution in [2.75, 3.05) is 19.6 Å². The summed E-state index contributed by atoms with van der Waals surface area (Å²) in [4.78, 5) is 31.9. The number of amides is 2. The van der Waals surface area contributed by atoms with Crippen molar-refractivity contribution >= 4 is 44.2 Å². The monoisotopic (exact) mass is 548 g/mol. The van der Waals surface area contributed by atoms with Crippen molar-refractivity contribution in [3.8, 4) is 11.3 Å². The van der Waals surface area contributed by atoms with Crippen molar-refractivity contribution in [2.24, 2.45) is 5.73 Å². The van der Waals surface area contributed by atoms with E-state index in [9.17, 15) is 18.0 Å². The molecule has 2 heterocycles. The maximum atomic E-state index is 13.6. The molecule has 3 aromatic carbocycles. The van der Waals surface area contributed by atoms with Crippen molar-refractivity contribution < 1.29 is 18.0 Å². The number of carbonyl (C=O) groups excluding carboxylic acids is 2. The molecule has 10 heteroatoms. The first-order valence-electron chi connectivity index (χ1n) is 11.9. The Hall–Kier alpha value is -3.79. The Bertz CT molecular complexity index is 1650. The molecule has 0 radical (unpaired) electrons. The van der Waals surface area contributed by atoms with Crippen molar-refractivity contribution in [3.05, 3.63) is 95.6 Å². The van der Waals surface area contributed by atoms with E-state index in [2.05, 4.69) is 4.98 Å². The van der Waals surface area contributed by atoms with E-state index < -0.39 is 27.4 Å². The molecule has 0 bridgehead atoms. The highest BCUT2D eigenvalue weighted by Crippen LogP contribution is 2.30. The lowest BCUT2D eigenvalue weighted by atomic mass is 9.95. The Balaban J connectivity index is 1.41. The maximum Gasteiger partial charge on any atom is 0.254 e. The van der Waals surface area contributed by atoms with Crippen LogP contribution in [-0.2, 0) is 14.8 Å². The number of pyridine rings is 1. The van der Waals surface area contributed by atoms with Gasteiger partial charge in [0.05, 0.1) is 10.6 Å². The highest BCUT2D eigenvalue weighted by atomic mass is 35.5. The fourth-order valence-electron chi connectivity index (χ4n) is 4.68. The van der Waals surface area contributed by atoms with Gasteiger partial charge in [-0.15, -0.1) is 0 Å². The fraction of sp³-hybridized carbons (Fsp3) is 0.179. The number of hydrogen-bond donors (Lipinski definition) is 1. The number of benzene rings is 3. The van der Waals surface area contributed by atoms with Crippen LogP contribution >= 0.6 is 11.6 Å². The average Bonchev–Trinajstić information content (AvgIpc) is 2.92. The molecule has 0 aliphatic carbocycles. The van der Waals surface area contributed by atoms with E-state index in [0.717, 1.165) is 22.0 Å². The minimum atomic E-state index is -3.97. The van der Waals surface area contributed by atoms with E-state index in [-0.39, 0.29) is 24.5 Å². The lowest BCUT2D eigenvalue weighted by Crippen LogP contribution is -2.68. The number of nitrogens with zero attached hydrogens (tertiary/aromatic N) is 3. The Morgan fingerprint density at radius 2 is 1.66 bits per heavy atom. The zero-order valence-electron chi connectivity index (χ0n) is 20.5. The minimum Gasteiger partial charge on any atom is -0.368 e. The highest BCUT2D eigenvalue weighted by Gasteiger charge is 2.48. The summed E-state index contributed by atoms with van der Waals surface area (Å²) in [7, 11) is -3.97. The zero-order chi connectivity index (χ0) is 27.1. The third-order valence-electron chi connectivity index (χ3n) is 6.93. The predicted octanol–water partition coefficient (Wildman–Crippen LogP) is 3.95. The summed E-state index contributed by atoms with van der Waals surface area (Å²) in [6, 6.07) is 22.4. The van der Waals surface area contributed by atoms with Gasteiger partial charge in [0, 0.05) is 42.0 Å². The summed E-state index contributed by atoms with van der Waals surface area (Å²) in [6.07, 6.45) is 1.69. The third-order valence-corrected chi connectivity index (χ3v) is 9.01. The van der Waals surface area contributed by atoms with Crippen molar-refractivity contribution in [2.45, 2.75) is 17.4 Å². The first kappa shape index (κ1) is 25.8. The molecule has 1 aliphatic rings. The molecule has 38 heavy (non-hydrogen) atoms. The molecule has 2 amide bonds. The van der Waals surface area contributed by atoms with Crippen LogP contribution in [0, 0.1) is 0 Å². The number of primary amides is 1. The lowest BCUT2D eigenvalue weighted by molar-refractivity contribution is -0.130. The van der Waals surface area contributed by atoms with Gasteiger partial charge >= 0.3 is 0 Å². The Morgan fingerprint density at radius 3 is 2.34 bits per heavy atom. The molecule has 0 saturated carbocycles. The van der Waals surface area contributed by atoms with Crippen LogP contribution in [0.1, 0.15) is 17.3 Å². The number of nitrogens with two attached hydrogens (primary N) is 1. The fourth-order valence-corrected chi connectivity index (χ4v) is 6.42. The third kappa shape index (κ3) is 4.64. The summed E-state index contributed by atoms with van der Waals surface area (Å²) in [6.45, 7) is 1.25. The highest BCUT2D eigenvalue weighted by molar-refractivity contribution is 7.89. The van der Waals surface area contributed by atoms with E-state index in [4.69, 9.17) is 17.3 Å². The molecule has 1 unspecified atom stereocenters. The zero-order valence-corrected chi connectivity index (χ0v) is 22.1. The van der Waals surface area contributed by atoms with Crippen LogP contribution < -0.4 is 5.73 Å². The number of piperazine rings is 1. The van der Waals surface area contributed by atoms with Crippen LogP contribution in [0.4, 0.5) is 0 Å². The van der Waals surface area contributed by atoms with Crippen LogP contribution in [0.25, 0.3) is 22.0 Å². The van der Waals surface area contributed by atoms with Crippen molar-refractivity contribution in [1.29, 1.82) is 0 Å². The topological polar surface area (TPSA) is 114 Å². The molecular formula is C28H25ClN4O4S. The van der Waals surface area contributed by atoms with E-state index in [1.54, 1.807) is 60.8 Å². The lowest BCUT2D eigenvalue weighted by Gasteiger charge is -2.46. The molecule has 194 valence electrons. The van der Waals surface area contributed by atoms with Crippen LogP contribution in [0.3, 0.4) is 0 Å². The van der Waals surface area contributed by atoms with E-state index >= 15 is 0 Å². The van der Waals surface area contributed by atoms with Crippen molar-refractivity contribution in [1.82, 2.24) is 14.2 Å². The number of sulfonamides is 1. The van der Waals surface area contributed by atoms with Crippen molar-refractivity contribution in [3.63, 3.8) is 0 Å². The molecule has 2 N–H and O–H groups in total. The molecule has 1 aromatic heterocycles. The summed E-state index contributed by atoms with van der Waals surface area (Å²) < 4.78 is 28.3. The first-order chi connectivity index (χ1) is 18.1. The van der Waals surface area contributed by atoms with Gasteiger partial charge in [-0.25, -0.2) is 8.42 Å². The standard InChI is InChI=1S/C28H25ClN4O4S/c1-28(27(30)35)18-32(38(36,37)24-12-10-21-16-23(29)11-9-22(21)17-24)14-15-33(28)26(34)20-7-5-19(6-8-20)25-4-2-3-13-31-25/h2-13,16-17H,14-15,18H2,1H3,(H2,30,35). The second kappa shape index (κ2) is 9.83. The average molecular weight is 549 g/mol. The van der Waals surface area contributed by atoms with Gasteiger partial charge in [-0.05, 0) is 66.2 Å². The minimum absolute atomic E-state index is 0.00266. The van der Waals surface area contributed by atoms with Crippen LogP contribution in [0.2, 0.25) is 5.02 Å². The van der Waals surface area contributed by atoms with Gasteiger partial charge in [-0.2, -0.15) is 4.31 Å². The maximum absolute atomic E-state index is 13.6. The molecule has 1 atom stereocenters. The number of rotatable bonds is 5. The predicted molar refractivity (Wildman–Crippen MR) is 146 cm³/mol. The van der Waals surface area contributed by atoms with E-state index in [0.29, 0.717) is 10.6 Å². The summed E-state index contributed by atoms with van der Waals surface area (Å²) in [5, 5.41) is 2.08.